The summed E-state index contributed by atoms with van der Waals surface area (Å²) >= 11 is 1.89. The van der Waals surface area contributed by atoms with E-state index in [4.69, 9.17) is 4.42 Å². The summed E-state index contributed by atoms with van der Waals surface area (Å²) in [5.41, 5.74) is 0.0664. The van der Waals surface area contributed by atoms with Gasteiger partial charge in [-0.15, -0.1) is 11.8 Å². The second kappa shape index (κ2) is 6.04. The maximum absolute atomic E-state index is 12.3. The first-order valence-electron chi connectivity index (χ1n) is 6.88. The highest BCUT2D eigenvalue weighted by atomic mass is 32.2. The van der Waals surface area contributed by atoms with Crippen molar-refractivity contribution in [2.24, 2.45) is 5.41 Å². The maximum Gasteiger partial charge on any atom is 0.223 e. The van der Waals surface area contributed by atoms with E-state index in [1.54, 1.807) is 6.26 Å². The predicted octanol–water partition coefficient (Wildman–Crippen LogP) is 3.72. The fraction of sp³-hybridized carbons (Fsp3) is 0.667. The maximum atomic E-state index is 12.3. The molecule has 1 amide bonds. The van der Waals surface area contributed by atoms with Crippen LogP contribution in [0.5, 0.6) is 0 Å². The zero-order valence-electron chi connectivity index (χ0n) is 12.0. The van der Waals surface area contributed by atoms with E-state index in [1.807, 2.05) is 28.8 Å². The zero-order chi connectivity index (χ0) is 13.9. The lowest BCUT2D eigenvalue weighted by Crippen LogP contribution is -2.35. The van der Waals surface area contributed by atoms with Gasteiger partial charge in [0.2, 0.25) is 5.91 Å². The monoisotopic (exact) mass is 281 g/mol. The summed E-state index contributed by atoms with van der Waals surface area (Å²) in [5.74, 6) is 2.31. The van der Waals surface area contributed by atoms with Crippen molar-refractivity contribution in [3.8, 4) is 0 Å². The molecule has 1 fully saturated rings. The Hall–Kier alpha value is -0.900. The number of nitrogens with zero attached hydrogens (tertiary/aromatic N) is 1. The molecule has 1 aromatic rings. The number of thioether (sulfide) groups is 1. The molecule has 0 N–H and O–H groups in total. The minimum absolute atomic E-state index is 0.0664. The van der Waals surface area contributed by atoms with Crippen LogP contribution >= 0.6 is 11.8 Å². The highest BCUT2D eigenvalue weighted by molar-refractivity contribution is 7.99. The average Bonchev–Trinajstić information content (AvgIpc) is 2.71. The van der Waals surface area contributed by atoms with Crippen molar-refractivity contribution in [2.75, 3.05) is 18.8 Å². The van der Waals surface area contributed by atoms with Gasteiger partial charge >= 0.3 is 0 Å². The molecule has 4 heteroatoms. The first-order valence-corrected chi connectivity index (χ1v) is 7.93. The van der Waals surface area contributed by atoms with E-state index in [9.17, 15) is 4.79 Å². The summed E-state index contributed by atoms with van der Waals surface area (Å²) in [4.78, 5) is 14.3. The molecule has 0 aromatic carbocycles. The fourth-order valence-electron chi connectivity index (χ4n) is 2.29. The second-order valence-corrected chi connectivity index (χ2v) is 7.59. The Morgan fingerprint density at radius 1 is 1.47 bits per heavy atom. The van der Waals surface area contributed by atoms with Gasteiger partial charge in [-0.3, -0.25) is 4.79 Å². The molecule has 0 spiro atoms. The van der Waals surface area contributed by atoms with Crippen LogP contribution < -0.4 is 0 Å². The van der Waals surface area contributed by atoms with Crippen molar-refractivity contribution >= 4 is 17.7 Å². The van der Waals surface area contributed by atoms with Crippen LogP contribution in [0.1, 0.15) is 44.6 Å². The molecule has 2 heterocycles. The van der Waals surface area contributed by atoms with E-state index < -0.39 is 0 Å². The van der Waals surface area contributed by atoms with E-state index in [1.165, 1.54) is 0 Å². The third kappa shape index (κ3) is 4.30. The predicted molar refractivity (Wildman–Crippen MR) is 79.2 cm³/mol. The van der Waals surface area contributed by atoms with Crippen molar-refractivity contribution in [3.05, 3.63) is 24.2 Å². The lowest BCUT2D eigenvalue weighted by molar-refractivity contribution is -0.132. The SMILES string of the molecule is CC(C)(C)CC(=O)N1CCSC(c2ccco2)CC1. The second-order valence-electron chi connectivity index (χ2n) is 6.28. The standard InChI is InChI=1S/C15H23NO2S/c1-15(2,3)11-14(17)16-7-6-13(19-10-8-16)12-5-4-9-18-12/h4-5,9,13H,6-8,10-11H2,1-3H3. The number of amides is 1. The Morgan fingerprint density at radius 3 is 2.89 bits per heavy atom. The van der Waals surface area contributed by atoms with Crippen molar-refractivity contribution < 1.29 is 9.21 Å². The van der Waals surface area contributed by atoms with Crippen molar-refractivity contribution in [1.82, 2.24) is 4.90 Å². The van der Waals surface area contributed by atoms with Gasteiger partial charge in [-0.05, 0) is 24.0 Å². The lowest BCUT2D eigenvalue weighted by Gasteiger charge is -2.25. The summed E-state index contributed by atoms with van der Waals surface area (Å²) in [5, 5.41) is 0.391. The van der Waals surface area contributed by atoms with Gasteiger partial charge in [0.25, 0.3) is 0 Å². The number of hydrogen-bond donors (Lipinski definition) is 0. The van der Waals surface area contributed by atoms with Gasteiger partial charge < -0.3 is 9.32 Å². The van der Waals surface area contributed by atoms with Crippen LogP contribution in [-0.4, -0.2) is 29.6 Å². The highest BCUT2D eigenvalue weighted by Gasteiger charge is 2.25. The quantitative estimate of drug-likeness (QED) is 0.828. The third-order valence-electron chi connectivity index (χ3n) is 3.24. The minimum Gasteiger partial charge on any atom is -0.468 e. The molecule has 2 rings (SSSR count). The van der Waals surface area contributed by atoms with Crippen LogP contribution in [0.2, 0.25) is 0 Å². The number of carbonyl (C=O) groups is 1. The van der Waals surface area contributed by atoms with Gasteiger partial charge in [0.1, 0.15) is 5.76 Å². The Morgan fingerprint density at radius 2 is 2.26 bits per heavy atom. The highest BCUT2D eigenvalue weighted by Crippen LogP contribution is 2.35. The molecule has 1 aromatic heterocycles. The molecular weight excluding hydrogens is 258 g/mol. The summed E-state index contributed by atoms with van der Waals surface area (Å²) in [6, 6.07) is 3.97. The third-order valence-corrected chi connectivity index (χ3v) is 4.52. The van der Waals surface area contributed by atoms with Gasteiger partial charge in [-0.25, -0.2) is 0 Å². The first kappa shape index (κ1) is 14.5. The number of furan rings is 1. The molecular formula is C15H23NO2S. The van der Waals surface area contributed by atoms with E-state index >= 15 is 0 Å². The molecule has 0 saturated carbocycles. The van der Waals surface area contributed by atoms with Gasteiger partial charge in [0.05, 0.1) is 11.5 Å². The van der Waals surface area contributed by atoms with Crippen LogP contribution in [-0.2, 0) is 4.79 Å². The summed E-state index contributed by atoms with van der Waals surface area (Å²) in [6.45, 7) is 8.04. The normalized spacial score (nSPS) is 21.2. The molecule has 1 unspecified atom stereocenters. The van der Waals surface area contributed by atoms with Gasteiger partial charge in [-0.1, -0.05) is 20.8 Å². The van der Waals surface area contributed by atoms with Gasteiger partial charge in [0, 0.05) is 25.3 Å². The van der Waals surface area contributed by atoms with E-state index in [-0.39, 0.29) is 11.3 Å². The lowest BCUT2D eigenvalue weighted by atomic mass is 9.91. The minimum atomic E-state index is 0.0664. The summed E-state index contributed by atoms with van der Waals surface area (Å²) < 4.78 is 5.48. The van der Waals surface area contributed by atoms with E-state index in [0.29, 0.717) is 11.7 Å². The average molecular weight is 281 g/mol. The molecule has 3 nitrogen and oxygen atoms in total. The van der Waals surface area contributed by atoms with Crippen LogP contribution in [0.15, 0.2) is 22.8 Å². The Bertz CT molecular complexity index is 408. The Kier molecular flexibility index (Phi) is 4.61. The van der Waals surface area contributed by atoms with Crippen molar-refractivity contribution in [2.45, 2.75) is 38.9 Å². The topological polar surface area (TPSA) is 33.5 Å². The van der Waals surface area contributed by atoms with Crippen LogP contribution in [0.4, 0.5) is 0 Å². The molecule has 1 atom stereocenters. The van der Waals surface area contributed by atoms with Crippen LogP contribution in [0, 0.1) is 5.41 Å². The molecule has 19 heavy (non-hydrogen) atoms. The molecule has 0 radical (unpaired) electrons. The molecule has 0 bridgehead atoms. The van der Waals surface area contributed by atoms with Crippen molar-refractivity contribution in [1.29, 1.82) is 0 Å². The first-order chi connectivity index (χ1) is 8.96. The zero-order valence-corrected chi connectivity index (χ0v) is 12.8. The van der Waals surface area contributed by atoms with Crippen LogP contribution in [0.25, 0.3) is 0 Å². The summed E-state index contributed by atoms with van der Waals surface area (Å²) in [7, 11) is 0. The van der Waals surface area contributed by atoms with Gasteiger partial charge in [-0.2, -0.15) is 0 Å². The number of hydrogen-bond acceptors (Lipinski definition) is 3. The molecule has 0 aliphatic carbocycles. The van der Waals surface area contributed by atoms with Gasteiger partial charge in [0.15, 0.2) is 0 Å². The molecule has 1 saturated heterocycles. The Labute approximate surface area is 119 Å². The number of carbonyl (C=O) groups excluding carboxylic acids is 1. The fourth-order valence-corrected chi connectivity index (χ4v) is 3.47. The smallest absolute Gasteiger partial charge is 0.223 e. The van der Waals surface area contributed by atoms with Crippen molar-refractivity contribution in [3.63, 3.8) is 0 Å². The van der Waals surface area contributed by atoms with Crippen LogP contribution in [0.3, 0.4) is 0 Å². The summed E-state index contributed by atoms with van der Waals surface area (Å²) in [6.07, 6.45) is 3.33. The molecule has 106 valence electrons. The Balaban J connectivity index is 1.91. The van der Waals surface area contributed by atoms with E-state index in [2.05, 4.69) is 20.8 Å². The van der Waals surface area contributed by atoms with E-state index in [0.717, 1.165) is 31.0 Å². The molecule has 1 aliphatic rings. The largest absolute Gasteiger partial charge is 0.468 e. The molecule has 1 aliphatic heterocycles. The number of rotatable bonds is 2.